The number of H-pyrrole nitrogens is 1. The van der Waals surface area contributed by atoms with Gasteiger partial charge in [0.05, 0.1) is 29.9 Å². The van der Waals surface area contributed by atoms with Crippen LogP contribution in [0.4, 0.5) is 0 Å². The van der Waals surface area contributed by atoms with Crippen LogP contribution in [0.5, 0.6) is 5.75 Å². The Balaban J connectivity index is 1.74. The molecule has 6 nitrogen and oxygen atoms in total. The largest absolute Gasteiger partial charge is 0.491 e. The Morgan fingerprint density at radius 1 is 1.35 bits per heavy atom. The number of pyridine rings is 2. The molecule has 26 heavy (non-hydrogen) atoms. The second-order valence-electron chi connectivity index (χ2n) is 7.41. The molecule has 0 spiro atoms. The number of halogens is 1. The number of hydrogen-bond acceptors (Lipinski definition) is 5. The first-order valence-corrected chi connectivity index (χ1v) is 9.04. The van der Waals surface area contributed by atoms with Crippen molar-refractivity contribution < 1.29 is 4.74 Å². The molecule has 0 amide bonds. The molecule has 0 unspecified atom stereocenters. The molecule has 4 rings (SSSR count). The smallest absolute Gasteiger partial charge is 0.151 e. The molecule has 1 saturated heterocycles. The first kappa shape index (κ1) is 17.1. The van der Waals surface area contributed by atoms with Gasteiger partial charge in [-0.25, -0.2) is 9.97 Å². The molecule has 3 aromatic heterocycles. The van der Waals surface area contributed by atoms with Crippen molar-refractivity contribution in [3.63, 3.8) is 0 Å². The van der Waals surface area contributed by atoms with Crippen molar-refractivity contribution in [2.24, 2.45) is 5.41 Å². The van der Waals surface area contributed by atoms with Crippen LogP contribution in [0.3, 0.4) is 0 Å². The number of nitrogens with one attached hydrogen (secondary N) is 1. The zero-order valence-electron chi connectivity index (χ0n) is 14.8. The summed E-state index contributed by atoms with van der Waals surface area (Å²) in [7, 11) is 2.15. The van der Waals surface area contributed by atoms with E-state index >= 15 is 0 Å². The first-order valence-electron chi connectivity index (χ1n) is 8.66. The van der Waals surface area contributed by atoms with Gasteiger partial charge in [0.1, 0.15) is 22.4 Å². The Labute approximate surface area is 156 Å². The Morgan fingerprint density at radius 3 is 2.85 bits per heavy atom. The van der Waals surface area contributed by atoms with E-state index in [2.05, 4.69) is 39.9 Å². The van der Waals surface area contributed by atoms with E-state index < -0.39 is 0 Å². The monoisotopic (exact) mass is 369 g/mol. The van der Waals surface area contributed by atoms with Crippen LogP contribution in [0.15, 0.2) is 18.5 Å². The van der Waals surface area contributed by atoms with Crippen molar-refractivity contribution in [3.8, 4) is 11.8 Å². The maximum absolute atomic E-state index is 9.16. The summed E-state index contributed by atoms with van der Waals surface area (Å²) in [6.45, 7) is 5.01. The minimum absolute atomic E-state index is 0.122. The predicted octanol–water partition coefficient (Wildman–Crippen LogP) is 3.75. The number of likely N-dealkylation sites (tertiary alicyclic amines) is 1. The fraction of sp³-hybridized carbons (Fsp3) is 0.421. The van der Waals surface area contributed by atoms with E-state index in [0.717, 1.165) is 42.2 Å². The van der Waals surface area contributed by atoms with Gasteiger partial charge in [0.2, 0.25) is 0 Å². The van der Waals surface area contributed by atoms with E-state index in [4.69, 9.17) is 21.6 Å². The lowest BCUT2D eigenvalue weighted by Crippen LogP contribution is -2.39. The second kappa shape index (κ2) is 6.42. The third-order valence-electron chi connectivity index (χ3n) is 5.29. The molecule has 0 radical (unpaired) electrons. The summed E-state index contributed by atoms with van der Waals surface area (Å²) in [5.41, 5.74) is 1.97. The van der Waals surface area contributed by atoms with E-state index in [9.17, 15) is 0 Å². The molecular weight excluding hydrogens is 350 g/mol. The minimum atomic E-state index is 0.122. The quantitative estimate of drug-likeness (QED) is 0.760. The SMILES string of the molecule is CN1CCC(C)(COc2c(Cl)cnc3[nH]c4cnc(C#N)cc4c23)CC1. The van der Waals surface area contributed by atoms with Crippen LogP contribution >= 0.6 is 11.6 Å². The van der Waals surface area contributed by atoms with Crippen LogP contribution in [0.25, 0.3) is 21.9 Å². The molecule has 4 heterocycles. The predicted molar refractivity (Wildman–Crippen MR) is 101 cm³/mol. The summed E-state index contributed by atoms with van der Waals surface area (Å²) < 4.78 is 6.25. The molecule has 0 bridgehead atoms. The molecule has 0 aromatic carbocycles. The van der Waals surface area contributed by atoms with Gasteiger partial charge in [0.15, 0.2) is 5.75 Å². The zero-order chi connectivity index (χ0) is 18.3. The fourth-order valence-corrected chi connectivity index (χ4v) is 3.65. The van der Waals surface area contributed by atoms with Crippen molar-refractivity contribution in [1.29, 1.82) is 5.26 Å². The van der Waals surface area contributed by atoms with Gasteiger partial charge < -0.3 is 14.6 Å². The molecule has 0 saturated carbocycles. The Kier molecular flexibility index (Phi) is 4.22. The summed E-state index contributed by atoms with van der Waals surface area (Å²) >= 11 is 6.43. The molecule has 1 aliphatic heterocycles. The van der Waals surface area contributed by atoms with Gasteiger partial charge in [-0.3, -0.25) is 0 Å². The van der Waals surface area contributed by atoms with Gasteiger partial charge >= 0.3 is 0 Å². The number of nitrogens with zero attached hydrogens (tertiary/aromatic N) is 4. The highest BCUT2D eigenvalue weighted by molar-refractivity contribution is 6.33. The van der Waals surface area contributed by atoms with Gasteiger partial charge in [-0.2, -0.15) is 5.26 Å². The lowest BCUT2D eigenvalue weighted by atomic mass is 9.81. The van der Waals surface area contributed by atoms with Crippen LogP contribution in [-0.2, 0) is 0 Å². The highest BCUT2D eigenvalue weighted by Gasteiger charge is 2.30. The topological polar surface area (TPSA) is 77.8 Å². The van der Waals surface area contributed by atoms with Gasteiger partial charge in [0, 0.05) is 10.8 Å². The molecule has 1 fully saturated rings. The summed E-state index contributed by atoms with van der Waals surface area (Å²) in [5.74, 6) is 0.623. The number of aromatic amines is 1. The highest BCUT2D eigenvalue weighted by atomic mass is 35.5. The number of hydrogen-bond donors (Lipinski definition) is 1. The summed E-state index contributed by atoms with van der Waals surface area (Å²) in [5, 5.41) is 11.3. The standard InChI is InChI=1S/C19H20ClN5O/c1-19(3-5-25(2)6-4-19)11-26-17-14(20)9-23-18-16(17)13-7-12(8-21)22-10-15(13)24-18/h7,9-10H,3-6,11H2,1-2H3,(H,23,24). The number of nitriles is 1. The van der Waals surface area contributed by atoms with Crippen molar-refractivity contribution in [2.45, 2.75) is 19.8 Å². The van der Waals surface area contributed by atoms with Crippen molar-refractivity contribution in [3.05, 3.63) is 29.2 Å². The van der Waals surface area contributed by atoms with Gasteiger partial charge in [-0.1, -0.05) is 18.5 Å². The maximum Gasteiger partial charge on any atom is 0.151 e. The van der Waals surface area contributed by atoms with E-state index in [-0.39, 0.29) is 5.41 Å². The fourth-order valence-electron chi connectivity index (χ4n) is 3.46. The van der Waals surface area contributed by atoms with E-state index in [1.54, 1.807) is 18.5 Å². The van der Waals surface area contributed by atoms with Gasteiger partial charge in [-0.15, -0.1) is 0 Å². The lowest BCUT2D eigenvalue weighted by Gasteiger charge is -2.37. The molecule has 0 aliphatic carbocycles. The molecule has 1 N–H and O–H groups in total. The van der Waals surface area contributed by atoms with Crippen molar-refractivity contribution in [2.75, 3.05) is 26.7 Å². The van der Waals surface area contributed by atoms with Crippen LogP contribution < -0.4 is 4.74 Å². The summed E-state index contributed by atoms with van der Waals surface area (Å²) in [6.07, 6.45) is 5.42. The number of rotatable bonds is 3. The average Bonchev–Trinajstić information content (AvgIpc) is 3.01. The van der Waals surface area contributed by atoms with Crippen molar-refractivity contribution >= 4 is 33.5 Å². The Bertz CT molecular complexity index is 1010. The molecule has 7 heteroatoms. The molecule has 1 aliphatic rings. The Morgan fingerprint density at radius 2 is 2.12 bits per heavy atom. The van der Waals surface area contributed by atoms with E-state index in [0.29, 0.717) is 28.7 Å². The molecule has 0 atom stereocenters. The third-order valence-corrected chi connectivity index (χ3v) is 5.56. The van der Waals surface area contributed by atoms with E-state index in [1.165, 1.54) is 0 Å². The average molecular weight is 370 g/mol. The third kappa shape index (κ3) is 2.98. The highest BCUT2D eigenvalue weighted by Crippen LogP contribution is 2.39. The van der Waals surface area contributed by atoms with Gasteiger partial charge in [-0.05, 0) is 39.0 Å². The Hall–Kier alpha value is -2.36. The normalized spacial score (nSPS) is 17.5. The minimum Gasteiger partial charge on any atom is -0.491 e. The number of aromatic nitrogens is 3. The summed E-state index contributed by atoms with van der Waals surface area (Å²) in [4.78, 5) is 14.0. The van der Waals surface area contributed by atoms with Crippen LogP contribution in [0.1, 0.15) is 25.5 Å². The molecule has 134 valence electrons. The first-order chi connectivity index (χ1) is 12.5. The zero-order valence-corrected chi connectivity index (χ0v) is 15.6. The maximum atomic E-state index is 9.16. The molecular formula is C19H20ClN5O. The van der Waals surface area contributed by atoms with Crippen LogP contribution in [0.2, 0.25) is 5.02 Å². The summed E-state index contributed by atoms with van der Waals surface area (Å²) in [6, 6.07) is 3.82. The number of ether oxygens (including phenoxy) is 1. The van der Waals surface area contributed by atoms with Crippen LogP contribution in [-0.4, -0.2) is 46.6 Å². The van der Waals surface area contributed by atoms with E-state index in [1.807, 2.05) is 0 Å². The number of fused-ring (bicyclic) bond motifs is 3. The lowest BCUT2D eigenvalue weighted by molar-refractivity contribution is 0.0811. The molecule has 3 aromatic rings. The van der Waals surface area contributed by atoms with Crippen molar-refractivity contribution in [1.82, 2.24) is 19.9 Å². The van der Waals surface area contributed by atoms with Crippen LogP contribution in [0, 0.1) is 16.7 Å². The number of piperidine rings is 1. The second-order valence-corrected chi connectivity index (χ2v) is 7.82. The van der Waals surface area contributed by atoms with Gasteiger partial charge in [0.25, 0.3) is 0 Å².